The van der Waals surface area contributed by atoms with Gasteiger partial charge in [0.1, 0.15) is 0 Å². The molecule has 0 saturated heterocycles. The van der Waals surface area contributed by atoms with E-state index in [9.17, 15) is 0 Å². The van der Waals surface area contributed by atoms with E-state index >= 15 is 0 Å². The highest BCUT2D eigenvalue weighted by Gasteiger charge is 1.97. The van der Waals surface area contributed by atoms with Crippen molar-refractivity contribution in [3.63, 3.8) is 0 Å². The van der Waals surface area contributed by atoms with Crippen LogP contribution in [-0.2, 0) is 47.4 Å². The molecule has 284 valence electrons. The van der Waals surface area contributed by atoms with Gasteiger partial charge < -0.3 is 47.4 Å². The Balaban J connectivity index is 3.03. The average molecular weight is 681 g/mol. The van der Waals surface area contributed by atoms with E-state index in [1.807, 2.05) is 0 Å². The van der Waals surface area contributed by atoms with Gasteiger partial charge in [0.2, 0.25) is 0 Å². The molecular weight excluding hydrogens is 604 g/mol. The van der Waals surface area contributed by atoms with Crippen LogP contribution in [0.1, 0.15) is 110 Å². The molecule has 10 nitrogen and oxygen atoms in total. The highest BCUT2D eigenvalue weighted by atomic mass is 16.6. The summed E-state index contributed by atoms with van der Waals surface area (Å²) in [4.78, 5) is 0. The summed E-state index contributed by atoms with van der Waals surface area (Å²) in [7, 11) is 0. The lowest BCUT2D eigenvalue weighted by Gasteiger charge is -2.09. The summed E-state index contributed by atoms with van der Waals surface area (Å²) in [5.74, 6) is 0. The summed E-state index contributed by atoms with van der Waals surface area (Å²) in [5, 5.41) is 0. The summed E-state index contributed by atoms with van der Waals surface area (Å²) in [5.41, 5.74) is 0. The van der Waals surface area contributed by atoms with Gasteiger partial charge in [-0.2, -0.15) is 0 Å². The Bertz CT molecular complexity index is 485. The van der Waals surface area contributed by atoms with E-state index in [4.69, 9.17) is 47.4 Å². The second-order valence-electron chi connectivity index (χ2n) is 11.7. The Morgan fingerprint density at radius 3 is 0.532 bits per heavy atom. The Morgan fingerprint density at radius 2 is 0.319 bits per heavy atom. The van der Waals surface area contributed by atoms with Crippen LogP contribution in [0, 0.1) is 0 Å². The summed E-state index contributed by atoms with van der Waals surface area (Å²) in [6, 6.07) is 0. The molecule has 0 aliphatic heterocycles. The maximum atomic E-state index is 5.66. The third kappa shape index (κ3) is 45.6. The molecule has 0 saturated carbocycles. The zero-order valence-electron chi connectivity index (χ0n) is 30.8. The predicted molar refractivity (Wildman–Crippen MR) is 189 cm³/mol. The van der Waals surface area contributed by atoms with Crippen molar-refractivity contribution in [1.29, 1.82) is 0 Å². The normalized spacial score (nSPS) is 11.6. The highest BCUT2D eigenvalue weighted by molar-refractivity contribution is 4.48. The minimum atomic E-state index is 0.535. The first kappa shape index (κ1) is 46.6. The molecule has 0 amide bonds. The quantitative estimate of drug-likeness (QED) is 0.0624. The predicted octanol–water partition coefficient (Wildman–Crippen LogP) is 7.04. The van der Waals surface area contributed by atoms with Crippen molar-refractivity contribution < 1.29 is 47.4 Å². The van der Waals surface area contributed by atoms with Crippen LogP contribution >= 0.6 is 0 Å². The summed E-state index contributed by atoms with van der Waals surface area (Å²) < 4.78 is 55.3. The molecule has 0 heterocycles. The molecule has 0 N–H and O–H groups in total. The van der Waals surface area contributed by atoms with Crippen molar-refractivity contribution in [3.8, 4) is 0 Å². The van der Waals surface area contributed by atoms with Gasteiger partial charge in [0.25, 0.3) is 0 Å². The van der Waals surface area contributed by atoms with E-state index in [1.165, 1.54) is 83.5 Å². The number of hydrogen-bond acceptors (Lipinski definition) is 10. The molecule has 0 unspecified atom stereocenters. The van der Waals surface area contributed by atoms with E-state index in [0.29, 0.717) is 119 Å². The largest absolute Gasteiger partial charge is 0.379 e. The molecular formula is C37H76O10. The zero-order chi connectivity index (χ0) is 33.8. The fourth-order valence-corrected chi connectivity index (χ4v) is 4.58. The van der Waals surface area contributed by atoms with Gasteiger partial charge in [-0.3, -0.25) is 0 Å². The zero-order valence-corrected chi connectivity index (χ0v) is 30.8. The molecule has 0 fully saturated rings. The van der Waals surface area contributed by atoms with E-state index in [0.717, 1.165) is 26.1 Å². The number of rotatable bonds is 44. The summed E-state index contributed by atoms with van der Waals surface area (Å²) in [6.45, 7) is 16.4. The minimum Gasteiger partial charge on any atom is -0.379 e. The van der Waals surface area contributed by atoms with Crippen molar-refractivity contribution in [1.82, 2.24) is 0 Å². The molecule has 0 aromatic carbocycles. The van der Waals surface area contributed by atoms with E-state index < -0.39 is 0 Å². The molecule has 0 radical (unpaired) electrons. The Kier molecular flexibility index (Phi) is 45.2. The lowest BCUT2D eigenvalue weighted by Crippen LogP contribution is -2.15. The molecule has 47 heavy (non-hydrogen) atoms. The van der Waals surface area contributed by atoms with Gasteiger partial charge in [-0.1, -0.05) is 97.3 Å². The van der Waals surface area contributed by atoms with Crippen LogP contribution in [0.4, 0.5) is 0 Å². The van der Waals surface area contributed by atoms with Gasteiger partial charge in [0.05, 0.1) is 119 Å². The molecule has 0 aromatic rings. The second kappa shape index (κ2) is 45.6. The Hall–Kier alpha value is -0.400. The molecule has 0 aliphatic rings. The summed E-state index contributed by atoms with van der Waals surface area (Å²) in [6.07, 6.45) is 19.8. The van der Waals surface area contributed by atoms with Crippen molar-refractivity contribution in [2.45, 2.75) is 110 Å². The smallest absolute Gasteiger partial charge is 0.0701 e. The minimum absolute atomic E-state index is 0.535. The monoisotopic (exact) mass is 681 g/mol. The number of ether oxygens (including phenoxy) is 10. The third-order valence-electron chi connectivity index (χ3n) is 7.38. The molecule has 0 spiro atoms. The van der Waals surface area contributed by atoms with Gasteiger partial charge in [0.15, 0.2) is 0 Å². The van der Waals surface area contributed by atoms with Crippen LogP contribution in [0.5, 0.6) is 0 Å². The summed E-state index contributed by atoms with van der Waals surface area (Å²) >= 11 is 0. The second-order valence-corrected chi connectivity index (χ2v) is 11.7. The molecule has 0 aliphatic carbocycles. The molecule has 10 heteroatoms. The third-order valence-corrected chi connectivity index (χ3v) is 7.38. The Morgan fingerprint density at radius 1 is 0.170 bits per heavy atom. The first-order valence-corrected chi connectivity index (χ1v) is 19.2. The lowest BCUT2D eigenvalue weighted by atomic mass is 10.1. The van der Waals surface area contributed by atoms with E-state index in [-0.39, 0.29) is 0 Å². The van der Waals surface area contributed by atoms with Gasteiger partial charge in [-0.25, -0.2) is 0 Å². The van der Waals surface area contributed by atoms with Crippen LogP contribution in [0.2, 0.25) is 0 Å². The maximum absolute atomic E-state index is 5.66. The maximum Gasteiger partial charge on any atom is 0.0701 e. The van der Waals surface area contributed by atoms with Crippen LogP contribution < -0.4 is 0 Å². The fraction of sp³-hybridized carbons (Fsp3) is 1.00. The first-order valence-electron chi connectivity index (χ1n) is 19.2. The fourth-order valence-electron chi connectivity index (χ4n) is 4.58. The van der Waals surface area contributed by atoms with Crippen LogP contribution in [0.3, 0.4) is 0 Å². The molecule has 0 aromatic heterocycles. The molecule has 0 bridgehead atoms. The van der Waals surface area contributed by atoms with Crippen LogP contribution in [0.25, 0.3) is 0 Å². The standard InChI is InChI=1S/C37H76O10/c1-3-5-7-9-10-11-12-13-14-15-17-19-39-21-23-41-25-27-43-29-31-45-33-35-47-37-36-46-34-32-44-30-28-42-26-24-40-22-20-38-18-16-8-6-4-2/h3-37H2,1-2H3. The van der Waals surface area contributed by atoms with Crippen molar-refractivity contribution in [3.05, 3.63) is 0 Å². The van der Waals surface area contributed by atoms with E-state index in [2.05, 4.69) is 13.8 Å². The van der Waals surface area contributed by atoms with Gasteiger partial charge >= 0.3 is 0 Å². The van der Waals surface area contributed by atoms with Crippen LogP contribution in [-0.4, -0.2) is 132 Å². The van der Waals surface area contributed by atoms with Gasteiger partial charge in [0, 0.05) is 13.2 Å². The van der Waals surface area contributed by atoms with E-state index in [1.54, 1.807) is 0 Å². The van der Waals surface area contributed by atoms with Crippen molar-refractivity contribution >= 4 is 0 Å². The highest BCUT2D eigenvalue weighted by Crippen LogP contribution is 2.11. The van der Waals surface area contributed by atoms with Gasteiger partial charge in [-0.05, 0) is 12.8 Å². The topological polar surface area (TPSA) is 92.3 Å². The SMILES string of the molecule is CCCCCCCCCCCCCOCCOCCOCCOCCOCCOCCOCCOCCOCCOCCCCCC. The number of unbranched alkanes of at least 4 members (excludes halogenated alkanes) is 13. The van der Waals surface area contributed by atoms with Gasteiger partial charge in [-0.15, -0.1) is 0 Å². The average Bonchev–Trinajstić information content (AvgIpc) is 3.08. The number of hydrogen-bond donors (Lipinski definition) is 0. The van der Waals surface area contributed by atoms with Crippen molar-refractivity contribution in [2.24, 2.45) is 0 Å². The van der Waals surface area contributed by atoms with Crippen molar-refractivity contribution in [2.75, 3.05) is 132 Å². The molecule has 0 atom stereocenters. The molecule has 0 rings (SSSR count). The Labute approximate surface area is 289 Å². The lowest BCUT2D eigenvalue weighted by molar-refractivity contribution is -0.0264. The van der Waals surface area contributed by atoms with Crippen LogP contribution in [0.15, 0.2) is 0 Å². The first-order chi connectivity index (χ1) is 23.4.